The smallest absolute Gasteiger partial charge is 0.410 e. The zero-order chi connectivity index (χ0) is 21.9. The van der Waals surface area contributed by atoms with Crippen LogP contribution in [0.5, 0.6) is 5.88 Å². The third kappa shape index (κ3) is 5.77. The Hall–Kier alpha value is -2.97. The highest BCUT2D eigenvalue weighted by Crippen LogP contribution is 2.24. The number of nitrogens with zero attached hydrogens (tertiary/aromatic N) is 3. The Morgan fingerprint density at radius 1 is 1.27 bits per heavy atom. The second-order valence-corrected chi connectivity index (χ2v) is 8.21. The van der Waals surface area contributed by atoms with Crippen LogP contribution in [-0.4, -0.2) is 45.7 Å². The van der Waals surface area contributed by atoms with Gasteiger partial charge in [0.25, 0.3) is 5.88 Å². The average molecular weight is 420 g/mol. The van der Waals surface area contributed by atoms with Crippen molar-refractivity contribution in [2.75, 3.05) is 18.4 Å². The van der Waals surface area contributed by atoms with Gasteiger partial charge < -0.3 is 19.7 Å². The second kappa shape index (κ2) is 8.81. The summed E-state index contributed by atoms with van der Waals surface area (Å²) in [5.41, 5.74) is 0.128. The van der Waals surface area contributed by atoms with Crippen molar-refractivity contribution in [2.24, 2.45) is 0 Å². The molecular formula is C21H26F2N4O3. The zero-order valence-corrected chi connectivity index (χ0v) is 17.5. The quantitative estimate of drug-likeness (QED) is 0.777. The zero-order valence-electron chi connectivity index (χ0n) is 17.5. The van der Waals surface area contributed by atoms with E-state index in [0.29, 0.717) is 25.1 Å². The number of anilines is 1. The number of likely N-dealkylation sites (tertiary alicyclic amines) is 1. The molecule has 1 N–H and O–H groups in total. The molecule has 0 spiro atoms. The van der Waals surface area contributed by atoms with Gasteiger partial charge in [0, 0.05) is 19.1 Å². The Labute approximate surface area is 174 Å². The summed E-state index contributed by atoms with van der Waals surface area (Å²) >= 11 is 0. The minimum Gasteiger partial charge on any atom is -0.468 e. The second-order valence-electron chi connectivity index (χ2n) is 8.21. The lowest BCUT2D eigenvalue weighted by Gasteiger charge is -2.24. The summed E-state index contributed by atoms with van der Waals surface area (Å²) in [5.74, 6) is -1.06. The summed E-state index contributed by atoms with van der Waals surface area (Å²) in [6.07, 6.45) is 0.811. The Balaban J connectivity index is 1.61. The standard InChI is InChI=1S/C21H26F2N4O3/c1-13(14-5-7-15(22)8-6-14)29-18-17(23)11-24-19(26-18)25-16-9-10-27(12-16)20(28)30-21(2,3)4/h5-8,11,13,16H,9-10,12H2,1-4H3,(H,24,25,26)/t13-,16+/m1/s1. The van der Waals surface area contributed by atoms with Gasteiger partial charge in [0.15, 0.2) is 0 Å². The number of ether oxygens (including phenoxy) is 2. The largest absolute Gasteiger partial charge is 0.468 e. The van der Waals surface area contributed by atoms with E-state index in [2.05, 4.69) is 15.3 Å². The molecule has 2 aromatic rings. The lowest BCUT2D eigenvalue weighted by molar-refractivity contribution is 0.0293. The van der Waals surface area contributed by atoms with E-state index in [1.54, 1.807) is 24.0 Å². The number of carbonyl (C=O) groups excluding carboxylic acids is 1. The minimum atomic E-state index is -0.698. The first-order valence-corrected chi connectivity index (χ1v) is 9.80. The Bertz CT molecular complexity index is 887. The Kier molecular flexibility index (Phi) is 6.38. The van der Waals surface area contributed by atoms with Crippen molar-refractivity contribution in [3.05, 3.63) is 47.7 Å². The number of hydrogen-bond donors (Lipinski definition) is 1. The highest BCUT2D eigenvalue weighted by Gasteiger charge is 2.30. The predicted octanol–water partition coefficient (Wildman–Crippen LogP) is 4.32. The number of nitrogens with one attached hydrogen (secondary N) is 1. The fraction of sp³-hybridized carbons (Fsp3) is 0.476. The molecule has 0 unspecified atom stereocenters. The molecule has 162 valence electrons. The fourth-order valence-electron chi connectivity index (χ4n) is 3.03. The van der Waals surface area contributed by atoms with Gasteiger partial charge in [-0.1, -0.05) is 12.1 Å². The molecule has 1 aliphatic heterocycles. The molecule has 1 saturated heterocycles. The number of halogens is 2. The predicted molar refractivity (Wildman–Crippen MR) is 107 cm³/mol. The van der Waals surface area contributed by atoms with Crippen LogP contribution in [-0.2, 0) is 4.74 Å². The van der Waals surface area contributed by atoms with Gasteiger partial charge in [0.2, 0.25) is 11.8 Å². The van der Waals surface area contributed by atoms with Crippen LogP contribution in [0.4, 0.5) is 19.5 Å². The summed E-state index contributed by atoms with van der Waals surface area (Å²) in [4.78, 5) is 21.9. The molecule has 1 fully saturated rings. The molecular weight excluding hydrogens is 394 g/mol. The summed E-state index contributed by atoms with van der Waals surface area (Å²) in [6, 6.07) is 5.68. The summed E-state index contributed by atoms with van der Waals surface area (Å²) in [6.45, 7) is 8.14. The Morgan fingerprint density at radius 2 is 1.97 bits per heavy atom. The number of amides is 1. The van der Waals surface area contributed by atoms with Gasteiger partial charge in [-0.15, -0.1) is 0 Å². The van der Waals surface area contributed by atoms with Gasteiger partial charge in [-0.25, -0.2) is 14.2 Å². The molecule has 0 aliphatic carbocycles. The van der Waals surface area contributed by atoms with Crippen molar-refractivity contribution >= 4 is 12.0 Å². The fourth-order valence-corrected chi connectivity index (χ4v) is 3.03. The van der Waals surface area contributed by atoms with Gasteiger partial charge in [0.1, 0.15) is 17.5 Å². The van der Waals surface area contributed by atoms with Gasteiger partial charge >= 0.3 is 6.09 Å². The van der Waals surface area contributed by atoms with E-state index >= 15 is 0 Å². The van der Waals surface area contributed by atoms with Crippen LogP contribution in [0, 0.1) is 11.6 Å². The van der Waals surface area contributed by atoms with E-state index in [1.807, 2.05) is 20.8 Å². The molecule has 1 aromatic heterocycles. The lowest BCUT2D eigenvalue weighted by Crippen LogP contribution is -2.36. The maximum atomic E-state index is 14.1. The first-order chi connectivity index (χ1) is 14.1. The molecule has 1 aliphatic rings. The van der Waals surface area contributed by atoms with E-state index in [4.69, 9.17) is 9.47 Å². The number of aromatic nitrogens is 2. The van der Waals surface area contributed by atoms with Crippen molar-refractivity contribution in [2.45, 2.75) is 51.9 Å². The number of benzene rings is 1. The molecule has 2 heterocycles. The number of rotatable bonds is 5. The van der Waals surface area contributed by atoms with E-state index in [-0.39, 0.29) is 29.8 Å². The van der Waals surface area contributed by atoms with Crippen LogP contribution >= 0.6 is 0 Å². The molecule has 9 heteroatoms. The van der Waals surface area contributed by atoms with Crippen LogP contribution in [0.2, 0.25) is 0 Å². The molecule has 0 saturated carbocycles. The van der Waals surface area contributed by atoms with Crippen LogP contribution in [0.15, 0.2) is 30.5 Å². The summed E-state index contributed by atoms with van der Waals surface area (Å²) < 4.78 is 38.2. The van der Waals surface area contributed by atoms with Crippen LogP contribution in [0.3, 0.4) is 0 Å². The van der Waals surface area contributed by atoms with E-state index < -0.39 is 17.5 Å². The van der Waals surface area contributed by atoms with E-state index in [0.717, 1.165) is 6.20 Å². The number of carbonyl (C=O) groups is 1. The summed E-state index contributed by atoms with van der Waals surface area (Å²) in [5, 5.41) is 3.11. The molecule has 7 nitrogen and oxygen atoms in total. The van der Waals surface area contributed by atoms with Crippen LogP contribution < -0.4 is 10.1 Å². The number of hydrogen-bond acceptors (Lipinski definition) is 6. The Morgan fingerprint density at radius 3 is 2.63 bits per heavy atom. The van der Waals surface area contributed by atoms with Crippen molar-refractivity contribution < 1.29 is 23.0 Å². The molecule has 2 atom stereocenters. The van der Waals surface area contributed by atoms with Gasteiger partial charge in [-0.2, -0.15) is 9.37 Å². The van der Waals surface area contributed by atoms with E-state index in [1.165, 1.54) is 12.1 Å². The molecule has 1 aromatic carbocycles. The van der Waals surface area contributed by atoms with Gasteiger partial charge in [-0.3, -0.25) is 0 Å². The van der Waals surface area contributed by atoms with Crippen molar-refractivity contribution in [3.8, 4) is 5.88 Å². The lowest BCUT2D eigenvalue weighted by atomic mass is 10.1. The molecule has 30 heavy (non-hydrogen) atoms. The molecule has 0 radical (unpaired) electrons. The van der Waals surface area contributed by atoms with Crippen molar-refractivity contribution in [1.29, 1.82) is 0 Å². The van der Waals surface area contributed by atoms with E-state index in [9.17, 15) is 13.6 Å². The molecule has 1 amide bonds. The van der Waals surface area contributed by atoms with Crippen molar-refractivity contribution in [1.82, 2.24) is 14.9 Å². The summed E-state index contributed by atoms with van der Waals surface area (Å²) in [7, 11) is 0. The first-order valence-electron chi connectivity index (χ1n) is 9.80. The normalized spacial score (nSPS) is 17.5. The monoisotopic (exact) mass is 420 g/mol. The SMILES string of the molecule is C[C@@H](Oc1nc(N[C@H]2CCN(C(=O)OC(C)(C)C)C2)ncc1F)c1ccc(F)cc1. The maximum absolute atomic E-state index is 14.1. The molecule has 0 bridgehead atoms. The molecule has 3 rings (SSSR count). The maximum Gasteiger partial charge on any atom is 0.410 e. The third-order valence-electron chi connectivity index (χ3n) is 4.51. The van der Waals surface area contributed by atoms with Gasteiger partial charge in [0.05, 0.1) is 6.20 Å². The minimum absolute atomic E-state index is 0.0923. The topological polar surface area (TPSA) is 76.6 Å². The van der Waals surface area contributed by atoms with Crippen LogP contribution in [0.25, 0.3) is 0 Å². The van der Waals surface area contributed by atoms with Crippen LogP contribution in [0.1, 0.15) is 45.8 Å². The third-order valence-corrected chi connectivity index (χ3v) is 4.51. The average Bonchev–Trinajstić information content (AvgIpc) is 3.12. The van der Waals surface area contributed by atoms with Gasteiger partial charge in [-0.05, 0) is 51.8 Å². The highest BCUT2D eigenvalue weighted by molar-refractivity contribution is 5.68. The first kappa shape index (κ1) is 21.7. The highest BCUT2D eigenvalue weighted by atomic mass is 19.1. The van der Waals surface area contributed by atoms with Crippen molar-refractivity contribution in [3.63, 3.8) is 0 Å².